The third kappa shape index (κ3) is 3.24. The Balaban J connectivity index is 2.37. The first-order chi connectivity index (χ1) is 8.89. The van der Waals surface area contributed by atoms with Crippen LogP contribution in [-0.2, 0) is 15.9 Å². The fourth-order valence-corrected chi connectivity index (χ4v) is 2.18. The van der Waals surface area contributed by atoms with Gasteiger partial charge in [0, 0.05) is 6.07 Å². The Morgan fingerprint density at radius 1 is 1.32 bits per heavy atom. The van der Waals surface area contributed by atoms with Gasteiger partial charge in [0.25, 0.3) is 15.7 Å². The molecule has 2 rings (SSSR count). The maximum Gasteiger partial charge on any atom is 0.271 e. The molecule has 8 heteroatoms. The molecule has 0 aliphatic rings. The molecular weight excluding hydrogens is 272 g/mol. The standard InChI is InChI=1S/C11H12N2O5S/c1-18-10-4-2-9(3-5-10)13-11(14)6-8(12-13)7-19(15,16)17/h2-6,12H,7H2,1H3,(H,15,16,17). The zero-order chi connectivity index (χ0) is 14.0. The highest BCUT2D eigenvalue weighted by Gasteiger charge is 2.11. The molecule has 0 fully saturated rings. The van der Waals surface area contributed by atoms with Gasteiger partial charge < -0.3 is 4.74 Å². The van der Waals surface area contributed by atoms with Crippen molar-refractivity contribution >= 4 is 10.1 Å². The van der Waals surface area contributed by atoms with E-state index < -0.39 is 21.4 Å². The lowest BCUT2D eigenvalue weighted by molar-refractivity contribution is 0.414. The van der Waals surface area contributed by atoms with Gasteiger partial charge in [-0.15, -0.1) is 0 Å². The quantitative estimate of drug-likeness (QED) is 0.799. The van der Waals surface area contributed by atoms with Crippen LogP contribution in [0, 0.1) is 0 Å². The molecule has 102 valence electrons. The molecule has 2 aromatic rings. The molecule has 0 radical (unpaired) electrons. The van der Waals surface area contributed by atoms with Gasteiger partial charge in [0.1, 0.15) is 11.5 Å². The highest BCUT2D eigenvalue weighted by atomic mass is 32.2. The second kappa shape index (κ2) is 4.90. The van der Waals surface area contributed by atoms with Crippen LogP contribution in [0.3, 0.4) is 0 Å². The van der Waals surface area contributed by atoms with E-state index in [2.05, 4.69) is 5.10 Å². The number of methoxy groups -OCH3 is 1. The minimum absolute atomic E-state index is 0.114. The van der Waals surface area contributed by atoms with Crippen molar-refractivity contribution in [2.45, 2.75) is 5.75 Å². The second-order valence-electron chi connectivity index (χ2n) is 3.88. The van der Waals surface area contributed by atoms with Crippen molar-refractivity contribution in [3.8, 4) is 11.4 Å². The van der Waals surface area contributed by atoms with Crippen LogP contribution in [0.1, 0.15) is 5.69 Å². The number of H-pyrrole nitrogens is 1. The van der Waals surface area contributed by atoms with Gasteiger partial charge in [-0.1, -0.05) is 0 Å². The zero-order valence-electron chi connectivity index (χ0n) is 10.0. The number of rotatable bonds is 4. The molecule has 0 unspecified atom stereocenters. The molecule has 0 amide bonds. The Morgan fingerprint density at radius 2 is 1.95 bits per heavy atom. The molecule has 0 saturated heterocycles. The van der Waals surface area contributed by atoms with Gasteiger partial charge >= 0.3 is 0 Å². The Kier molecular flexibility index (Phi) is 3.45. The number of hydrogen-bond donors (Lipinski definition) is 2. The number of nitrogens with one attached hydrogen (secondary N) is 1. The summed E-state index contributed by atoms with van der Waals surface area (Å²) in [6.07, 6.45) is 0. The molecule has 0 atom stereocenters. The Labute approximate surface area is 109 Å². The van der Waals surface area contributed by atoms with E-state index >= 15 is 0 Å². The molecular formula is C11H12N2O5S. The number of ether oxygens (including phenoxy) is 1. The predicted octanol–water partition coefficient (Wildman–Crippen LogP) is 0.562. The first-order valence-corrected chi connectivity index (χ1v) is 6.90. The predicted molar refractivity (Wildman–Crippen MR) is 68.2 cm³/mol. The van der Waals surface area contributed by atoms with Gasteiger partial charge in [0.2, 0.25) is 0 Å². The van der Waals surface area contributed by atoms with Crippen LogP contribution in [-0.4, -0.2) is 29.9 Å². The van der Waals surface area contributed by atoms with Crippen molar-refractivity contribution in [1.82, 2.24) is 9.78 Å². The first kappa shape index (κ1) is 13.4. The zero-order valence-corrected chi connectivity index (χ0v) is 10.8. The molecule has 19 heavy (non-hydrogen) atoms. The number of nitrogens with zero attached hydrogens (tertiary/aromatic N) is 1. The lowest BCUT2D eigenvalue weighted by Gasteiger charge is -2.03. The topological polar surface area (TPSA) is 101 Å². The van der Waals surface area contributed by atoms with E-state index in [1.807, 2.05) is 0 Å². The van der Waals surface area contributed by atoms with E-state index in [1.165, 1.54) is 11.8 Å². The van der Waals surface area contributed by atoms with Gasteiger partial charge in [-0.25, -0.2) is 4.68 Å². The second-order valence-corrected chi connectivity index (χ2v) is 5.33. The molecule has 1 aromatic carbocycles. The Bertz CT molecular complexity index is 727. The average Bonchev–Trinajstić information content (AvgIpc) is 2.68. The van der Waals surface area contributed by atoms with Crippen LogP contribution in [0.25, 0.3) is 5.69 Å². The maximum absolute atomic E-state index is 11.7. The third-order valence-corrected chi connectivity index (χ3v) is 3.12. The van der Waals surface area contributed by atoms with Gasteiger partial charge in [-0.3, -0.25) is 14.4 Å². The highest BCUT2D eigenvalue weighted by molar-refractivity contribution is 7.84. The SMILES string of the molecule is COc1ccc(-n2[nH]c(CS(=O)(=O)O)cc2=O)cc1. The summed E-state index contributed by atoms with van der Waals surface area (Å²) in [5, 5.41) is 2.62. The molecule has 0 aliphatic carbocycles. The summed E-state index contributed by atoms with van der Waals surface area (Å²) in [5.74, 6) is 0.00675. The first-order valence-electron chi connectivity index (χ1n) is 5.29. The van der Waals surface area contributed by atoms with Crippen LogP contribution >= 0.6 is 0 Å². The molecule has 2 N–H and O–H groups in total. The van der Waals surface area contributed by atoms with Gasteiger partial charge in [0.05, 0.1) is 18.5 Å². The van der Waals surface area contributed by atoms with Crippen molar-refractivity contribution in [3.05, 3.63) is 46.4 Å². The molecule has 1 aromatic heterocycles. The molecule has 0 saturated carbocycles. The van der Waals surface area contributed by atoms with Gasteiger partial charge in [-0.2, -0.15) is 8.42 Å². The number of benzene rings is 1. The van der Waals surface area contributed by atoms with Crippen molar-refractivity contribution in [1.29, 1.82) is 0 Å². The van der Waals surface area contributed by atoms with E-state index in [-0.39, 0.29) is 5.69 Å². The van der Waals surface area contributed by atoms with Crippen molar-refractivity contribution < 1.29 is 17.7 Å². The average molecular weight is 284 g/mol. The maximum atomic E-state index is 11.7. The van der Waals surface area contributed by atoms with E-state index in [9.17, 15) is 13.2 Å². The van der Waals surface area contributed by atoms with Crippen LogP contribution < -0.4 is 10.3 Å². The summed E-state index contributed by atoms with van der Waals surface area (Å²) >= 11 is 0. The highest BCUT2D eigenvalue weighted by Crippen LogP contribution is 2.13. The van der Waals surface area contributed by atoms with Crippen LogP contribution in [0.15, 0.2) is 35.1 Å². The minimum atomic E-state index is -4.18. The molecule has 0 spiro atoms. The van der Waals surface area contributed by atoms with E-state index in [0.717, 1.165) is 6.07 Å². The van der Waals surface area contributed by atoms with E-state index in [0.29, 0.717) is 11.4 Å². The largest absolute Gasteiger partial charge is 0.497 e. The van der Waals surface area contributed by atoms with Gasteiger partial charge in [0.15, 0.2) is 0 Å². The Morgan fingerprint density at radius 3 is 2.47 bits per heavy atom. The van der Waals surface area contributed by atoms with Crippen molar-refractivity contribution in [3.63, 3.8) is 0 Å². The molecule has 1 heterocycles. The lowest BCUT2D eigenvalue weighted by Crippen LogP contribution is -2.13. The molecule has 0 aliphatic heterocycles. The number of aromatic nitrogens is 2. The summed E-state index contributed by atoms with van der Waals surface area (Å²) in [4.78, 5) is 11.7. The van der Waals surface area contributed by atoms with Gasteiger partial charge in [-0.05, 0) is 24.3 Å². The summed E-state index contributed by atoms with van der Waals surface area (Å²) in [5.41, 5.74) is 0.236. The van der Waals surface area contributed by atoms with Crippen LogP contribution in [0.2, 0.25) is 0 Å². The summed E-state index contributed by atoms with van der Waals surface area (Å²) in [6.45, 7) is 0. The van der Waals surface area contributed by atoms with Crippen LogP contribution in [0.4, 0.5) is 0 Å². The summed E-state index contributed by atoms with van der Waals surface area (Å²) in [6, 6.07) is 7.76. The summed E-state index contributed by atoms with van der Waals surface area (Å²) in [7, 11) is -2.65. The lowest BCUT2D eigenvalue weighted by atomic mass is 10.3. The van der Waals surface area contributed by atoms with Crippen molar-refractivity contribution in [2.24, 2.45) is 0 Å². The van der Waals surface area contributed by atoms with Crippen LogP contribution in [0.5, 0.6) is 5.75 Å². The van der Waals surface area contributed by atoms with E-state index in [4.69, 9.17) is 9.29 Å². The monoisotopic (exact) mass is 284 g/mol. The van der Waals surface area contributed by atoms with Crippen molar-refractivity contribution in [2.75, 3.05) is 7.11 Å². The fraction of sp³-hybridized carbons (Fsp3) is 0.182. The smallest absolute Gasteiger partial charge is 0.271 e. The molecule has 0 bridgehead atoms. The number of aromatic amines is 1. The normalized spacial score (nSPS) is 11.5. The molecule has 7 nitrogen and oxygen atoms in total. The minimum Gasteiger partial charge on any atom is -0.497 e. The third-order valence-electron chi connectivity index (χ3n) is 2.44. The fourth-order valence-electron chi connectivity index (χ4n) is 1.64. The Hall–Kier alpha value is -2.06. The summed E-state index contributed by atoms with van der Waals surface area (Å²) < 4.78 is 36.4. The van der Waals surface area contributed by atoms with E-state index in [1.54, 1.807) is 24.3 Å². The number of hydrogen-bond acceptors (Lipinski definition) is 4.